The normalized spacial score (nSPS) is 18.5. The van der Waals surface area contributed by atoms with E-state index in [-0.39, 0.29) is 17.2 Å². The van der Waals surface area contributed by atoms with Crippen LogP contribution in [0.4, 0.5) is 5.13 Å². The lowest BCUT2D eigenvalue weighted by Gasteiger charge is -2.38. The summed E-state index contributed by atoms with van der Waals surface area (Å²) in [7, 11) is 1.32. The first kappa shape index (κ1) is 23.0. The summed E-state index contributed by atoms with van der Waals surface area (Å²) in [6.45, 7) is 4.15. The molecule has 0 radical (unpaired) electrons. The number of nitrogens with zero attached hydrogens (tertiary/aromatic N) is 4. The topological polar surface area (TPSA) is 122 Å². The molecule has 2 N–H and O–H groups in total. The van der Waals surface area contributed by atoms with Crippen molar-refractivity contribution in [2.24, 2.45) is 5.73 Å². The number of thioether (sulfide) groups is 1. The maximum absolute atomic E-state index is 13.2. The van der Waals surface area contributed by atoms with Crippen molar-refractivity contribution in [3.63, 3.8) is 0 Å². The molecule has 4 rings (SSSR count). The van der Waals surface area contributed by atoms with Crippen molar-refractivity contribution in [1.82, 2.24) is 10.2 Å². The number of methoxy groups -OCH3 is 1. The molecule has 10 heteroatoms. The van der Waals surface area contributed by atoms with Gasteiger partial charge in [0, 0.05) is 22.9 Å². The number of rotatable bonds is 5. The molecule has 1 unspecified atom stereocenters. The molecule has 0 fully saturated rings. The first-order valence-corrected chi connectivity index (χ1v) is 12.2. The molecule has 8 nitrogen and oxygen atoms in total. The average Bonchev–Trinajstić information content (AvgIpc) is 3.25. The number of esters is 1. The number of Topliss-reactive ketones (excluding diaryl/α,β-unsaturated/α-hetero) is 1. The minimum atomic E-state index is -0.599. The molecule has 1 atom stereocenters. The molecular weight excluding hydrogens is 458 g/mol. The van der Waals surface area contributed by atoms with E-state index in [0.717, 1.165) is 15.6 Å². The Bertz CT molecular complexity index is 1210. The van der Waals surface area contributed by atoms with Gasteiger partial charge in [-0.05, 0) is 30.5 Å². The molecule has 33 heavy (non-hydrogen) atoms. The number of carbonyl (C=O) groups is 2. The number of hydrogen-bond acceptors (Lipinski definition) is 10. The van der Waals surface area contributed by atoms with E-state index in [1.807, 2.05) is 0 Å². The van der Waals surface area contributed by atoms with Crippen molar-refractivity contribution in [1.29, 1.82) is 5.26 Å². The first-order chi connectivity index (χ1) is 15.8. The van der Waals surface area contributed by atoms with E-state index in [9.17, 15) is 14.9 Å². The average molecular weight is 482 g/mol. The number of carbonyl (C=O) groups excluding carboxylic acids is 2. The van der Waals surface area contributed by atoms with Crippen molar-refractivity contribution in [2.45, 2.75) is 48.6 Å². The van der Waals surface area contributed by atoms with Crippen LogP contribution < -0.4 is 10.6 Å². The molecule has 1 aliphatic carbocycles. The first-order valence-electron chi connectivity index (χ1n) is 10.5. The molecule has 1 aromatic carbocycles. The molecule has 2 aromatic rings. The van der Waals surface area contributed by atoms with Crippen LogP contribution in [-0.2, 0) is 9.53 Å². The minimum Gasteiger partial charge on any atom is -0.465 e. The van der Waals surface area contributed by atoms with E-state index >= 15 is 0 Å². The van der Waals surface area contributed by atoms with E-state index < -0.39 is 11.9 Å². The van der Waals surface area contributed by atoms with E-state index in [2.05, 4.69) is 30.1 Å². The summed E-state index contributed by atoms with van der Waals surface area (Å²) in [4.78, 5) is 26.7. The smallest absolute Gasteiger partial charge is 0.337 e. The van der Waals surface area contributed by atoms with Crippen molar-refractivity contribution >= 4 is 40.0 Å². The van der Waals surface area contributed by atoms with Crippen molar-refractivity contribution in [3.8, 4) is 6.07 Å². The van der Waals surface area contributed by atoms with Gasteiger partial charge >= 0.3 is 5.97 Å². The quantitative estimate of drug-likeness (QED) is 0.496. The highest BCUT2D eigenvalue weighted by Crippen LogP contribution is 2.47. The van der Waals surface area contributed by atoms with E-state index in [4.69, 9.17) is 10.5 Å². The number of allylic oxidation sites excluding steroid dienone is 3. The summed E-state index contributed by atoms with van der Waals surface area (Å²) in [5.41, 5.74) is 9.27. The SMILES string of the molecule is COC(=O)c1ccc(C2C(C#N)=C(N)N(c3nnc(SC(C)C)s3)C3=C2C(=O)CCC3)cc1. The van der Waals surface area contributed by atoms with Gasteiger partial charge in [-0.15, -0.1) is 10.2 Å². The van der Waals surface area contributed by atoms with Gasteiger partial charge in [-0.1, -0.05) is 49.1 Å². The number of ether oxygens (including phenoxy) is 1. The van der Waals surface area contributed by atoms with Gasteiger partial charge in [0.2, 0.25) is 5.13 Å². The lowest BCUT2D eigenvalue weighted by atomic mass is 9.75. The van der Waals surface area contributed by atoms with E-state index in [1.54, 1.807) is 40.9 Å². The maximum Gasteiger partial charge on any atom is 0.337 e. The summed E-state index contributed by atoms with van der Waals surface area (Å²) >= 11 is 2.99. The Morgan fingerprint density at radius 2 is 2.03 bits per heavy atom. The molecule has 0 saturated carbocycles. The second-order valence-electron chi connectivity index (χ2n) is 7.95. The van der Waals surface area contributed by atoms with Gasteiger partial charge in [0.15, 0.2) is 10.1 Å². The number of nitriles is 1. The molecule has 1 aliphatic heterocycles. The van der Waals surface area contributed by atoms with Crippen LogP contribution in [0, 0.1) is 11.3 Å². The van der Waals surface area contributed by atoms with E-state index in [1.165, 1.54) is 18.4 Å². The summed E-state index contributed by atoms with van der Waals surface area (Å²) < 4.78 is 5.57. The molecule has 2 aliphatic rings. The van der Waals surface area contributed by atoms with Crippen LogP contribution in [0.2, 0.25) is 0 Å². The van der Waals surface area contributed by atoms with Crippen molar-refractivity contribution in [3.05, 3.63) is 58.1 Å². The van der Waals surface area contributed by atoms with Gasteiger partial charge in [0.1, 0.15) is 5.82 Å². The van der Waals surface area contributed by atoms with Crippen LogP contribution in [0.15, 0.2) is 51.3 Å². The zero-order valence-electron chi connectivity index (χ0n) is 18.5. The highest BCUT2D eigenvalue weighted by atomic mass is 32.2. The fraction of sp³-hybridized carbons (Fsp3) is 0.348. The summed E-state index contributed by atoms with van der Waals surface area (Å²) in [5, 5.41) is 19.6. The Labute approximate surface area is 200 Å². The Balaban J connectivity index is 1.84. The van der Waals surface area contributed by atoms with Crippen molar-refractivity contribution in [2.75, 3.05) is 12.0 Å². The predicted molar refractivity (Wildman–Crippen MR) is 127 cm³/mol. The third-order valence-corrected chi connectivity index (χ3v) is 7.50. The molecule has 170 valence electrons. The van der Waals surface area contributed by atoms with Crippen LogP contribution in [0.1, 0.15) is 54.9 Å². The Kier molecular flexibility index (Phi) is 6.54. The molecule has 0 amide bonds. The number of aromatic nitrogens is 2. The monoisotopic (exact) mass is 481 g/mol. The van der Waals surface area contributed by atoms with Crippen LogP contribution in [-0.4, -0.2) is 34.3 Å². The number of anilines is 1. The fourth-order valence-electron chi connectivity index (χ4n) is 4.11. The van der Waals surface area contributed by atoms with Gasteiger partial charge in [-0.25, -0.2) is 4.79 Å². The number of nitrogens with two attached hydrogens (primary N) is 1. The number of benzene rings is 1. The molecule has 0 spiro atoms. The van der Waals surface area contributed by atoms with Crippen LogP contribution in [0.25, 0.3) is 0 Å². The molecule has 0 saturated heterocycles. The molecular formula is C23H23N5O3S2. The highest BCUT2D eigenvalue weighted by molar-refractivity contribution is 8.01. The van der Waals surface area contributed by atoms with Crippen LogP contribution in [0.3, 0.4) is 0 Å². The Morgan fingerprint density at radius 1 is 1.30 bits per heavy atom. The number of ketones is 1. The Hall–Kier alpha value is -3.16. The summed E-state index contributed by atoms with van der Waals surface area (Å²) in [6.07, 6.45) is 1.75. The standard InChI is InChI=1S/C23H23N5O3S2/c1-12(2)32-23-27-26-22(33-23)28-16-5-4-6-17(29)19(16)18(15(11-24)20(28)25)13-7-9-14(10-8-13)21(30)31-3/h7-10,12,18H,4-6,25H2,1-3H3. The zero-order chi connectivity index (χ0) is 23.7. The number of hydrogen-bond donors (Lipinski definition) is 1. The lowest BCUT2D eigenvalue weighted by molar-refractivity contribution is -0.116. The third kappa shape index (κ3) is 4.26. The van der Waals surface area contributed by atoms with Gasteiger partial charge in [0.25, 0.3) is 0 Å². The Morgan fingerprint density at radius 3 is 2.67 bits per heavy atom. The van der Waals surface area contributed by atoms with Gasteiger partial charge in [-0.3, -0.25) is 9.69 Å². The van der Waals surface area contributed by atoms with Gasteiger partial charge < -0.3 is 10.5 Å². The summed E-state index contributed by atoms with van der Waals surface area (Å²) in [6, 6.07) is 8.98. The second-order valence-corrected chi connectivity index (χ2v) is 10.7. The minimum absolute atomic E-state index is 0.00941. The van der Waals surface area contributed by atoms with Crippen LogP contribution in [0.5, 0.6) is 0 Å². The van der Waals surface area contributed by atoms with Gasteiger partial charge in [0.05, 0.1) is 30.2 Å². The predicted octanol–water partition coefficient (Wildman–Crippen LogP) is 4.13. The largest absolute Gasteiger partial charge is 0.465 e. The summed E-state index contributed by atoms with van der Waals surface area (Å²) in [5.74, 6) is -0.805. The highest BCUT2D eigenvalue weighted by Gasteiger charge is 2.41. The van der Waals surface area contributed by atoms with Gasteiger partial charge in [-0.2, -0.15) is 5.26 Å². The maximum atomic E-state index is 13.2. The molecule has 1 aromatic heterocycles. The molecule has 0 bridgehead atoms. The zero-order valence-corrected chi connectivity index (χ0v) is 20.1. The van der Waals surface area contributed by atoms with E-state index in [0.29, 0.717) is 40.8 Å². The lowest BCUT2D eigenvalue weighted by Crippen LogP contribution is -2.38. The molecule has 2 heterocycles. The van der Waals surface area contributed by atoms with Crippen molar-refractivity contribution < 1.29 is 14.3 Å². The fourth-order valence-corrected chi connectivity index (χ4v) is 6.21. The van der Waals surface area contributed by atoms with Crippen LogP contribution >= 0.6 is 23.1 Å². The third-order valence-electron chi connectivity index (χ3n) is 5.50. The second kappa shape index (κ2) is 9.37.